The van der Waals surface area contributed by atoms with Crippen molar-refractivity contribution in [3.63, 3.8) is 0 Å². The van der Waals surface area contributed by atoms with Crippen LogP contribution in [0.5, 0.6) is 0 Å². The third-order valence-corrected chi connectivity index (χ3v) is 3.08. The van der Waals surface area contributed by atoms with Gasteiger partial charge in [0.05, 0.1) is 6.61 Å². The maximum Gasteiger partial charge on any atom is 0.508 e. The highest BCUT2D eigenvalue weighted by Crippen LogP contribution is 2.21. The van der Waals surface area contributed by atoms with E-state index in [9.17, 15) is 4.79 Å². The molecule has 0 rings (SSSR count). The van der Waals surface area contributed by atoms with Gasteiger partial charge in [-0.05, 0) is 23.7 Å². The molecule has 0 fully saturated rings. The molecule has 0 aromatic heterocycles. The lowest BCUT2D eigenvalue weighted by molar-refractivity contribution is -0.0235. The Balaban J connectivity index is 4.17. The van der Waals surface area contributed by atoms with E-state index in [1.807, 2.05) is 27.7 Å². The molecule has 3 nitrogen and oxygen atoms in total. The smallest absolute Gasteiger partial charge is 0.434 e. The SMILES string of the molecule is CCC(C)(C)COC(=O)OC(C(C)C)C(C)C. The molecule has 0 aliphatic heterocycles. The second-order valence-corrected chi connectivity index (χ2v) is 6.13. The van der Waals surface area contributed by atoms with Crippen LogP contribution in [-0.2, 0) is 9.47 Å². The molecule has 0 N–H and O–H groups in total. The molecular formula is C14H28O3. The molecule has 0 heterocycles. The Morgan fingerprint density at radius 1 is 1.12 bits per heavy atom. The van der Waals surface area contributed by atoms with Crippen molar-refractivity contribution in [3.8, 4) is 0 Å². The van der Waals surface area contributed by atoms with Gasteiger partial charge < -0.3 is 9.47 Å². The van der Waals surface area contributed by atoms with E-state index >= 15 is 0 Å². The molecule has 0 radical (unpaired) electrons. The van der Waals surface area contributed by atoms with Crippen LogP contribution >= 0.6 is 0 Å². The van der Waals surface area contributed by atoms with Gasteiger partial charge in [0.2, 0.25) is 0 Å². The first-order chi connectivity index (χ1) is 7.69. The number of hydrogen-bond acceptors (Lipinski definition) is 3. The van der Waals surface area contributed by atoms with Crippen LogP contribution in [0.4, 0.5) is 4.79 Å². The van der Waals surface area contributed by atoms with Crippen LogP contribution in [0.2, 0.25) is 0 Å². The van der Waals surface area contributed by atoms with Crippen LogP contribution < -0.4 is 0 Å². The van der Waals surface area contributed by atoms with E-state index in [2.05, 4.69) is 20.8 Å². The number of carbonyl (C=O) groups is 1. The third kappa shape index (κ3) is 6.54. The molecule has 0 atom stereocenters. The molecule has 0 saturated heterocycles. The van der Waals surface area contributed by atoms with E-state index < -0.39 is 6.16 Å². The van der Waals surface area contributed by atoms with Gasteiger partial charge in [0.1, 0.15) is 6.10 Å². The summed E-state index contributed by atoms with van der Waals surface area (Å²) >= 11 is 0. The van der Waals surface area contributed by atoms with Gasteiger partial charge >= 0.3 is 6.16 Å². The molecule has 0 aromatic carbocycles. The maximum atomic E-state index is 11.6. The zero-order valence-electron chi connectivity index (χ0n) is 12.4. The van der Waals surface area contributed by atoms with Gasteiger partial charge in [-0.3, -0.25) is 0 Å². The number of hydrogen-bond donors (Lipinski definition) is 0. The summed E-state index contributed by atoms with van der Waals surface area (Å²) in [6.07, 6.45) is 0.351. The molecule has 0 amide bonds. The summed E-state index contributed by atoms with van der Waals surface area (Å²) < 4.78 is 10.5. The fourth-order valence-corrected chi connectivity index (χ4v) is 1.54. The second-order valence-electron chi connectivity index (χ2n) is 6.13. The Morgan fingerprint density at radius 3 is 1.94 bits per heavy atom. The molecule has 0 bridgehead atoms. The van der Waals surface area contributed by atoms with Gasteiger partial charge in [0.25, 0.3) is 0 Å². The molecule has 0 spiro atoms. The fraction of sp³-hybridized carbons (Fsp3) is 0.929. The van der Waals surface area contributed by atoms with Crippen LogP contribution in [0.25, 0.3) is 0 Å². The van der Waals surface area contributed by atoms with Crippen LogP contribution in [0, 0.1) is 17.3 Å². The van der Waals surface area contributed by atoms with Crippen LogP contribution in [0.1, 0.15) is 54.9 Å². The predicted octanol–water partition coefficient (Wildman–Crippen LogP) is 4.26. The molecule has 3 heteroatoms. The van der Waals surface area contributed by atoms with Gasteiger partial charge in [-0.1, -0.05) is 48.5 Å². The Bertz CT molecular complexity index is 224. The Morgan fingerprint density at radius 2 is 1.59 bits per heavy atom. The van der Waals surface area contributed by atoms with Crippen molar-refractivity contribution in [1.82, 2.24) is 0 Å². The molecule has 0 aliphatic rings. The number of carbonyl (C=O) groups excluding carboxylic acids is 1. The lowest BCUT2D eigenvalue weighted by atomic mass is 9.92. The quantitative estimate of drug-likeness (QED) is 0.655. The van der Waals surface area contributed by atoms with Gasteiger partial charge in [0.15, 0.2) is 0 Å². The van der Waals surface area contributed by atoms with Gasteiger partial charge in [-0.2, -0.15) is 0 Å². The van der Waals surface area contributed by atoms with E-state index in [1.165, 1.54) is 0 Å². The summed E-state index contributed by atoms with van der Waals surface area (Å²) in [6.45, 7) is 14.8. The fourth-order valence-electron chi connectivity index (χ4n) is 1.54. The molecule has 17 heavy (non-hydrogen) atoms. The summed E-state index contributed by atoms with van der Waals surface area (Å²) in [5, 5.41) is 0. The Labute approximate surface area is 106 Å². The highest BCUT2D eigenvalue weighted by atomic mass is 16.7. The molecule has 0 saturated carbocycles. The molecular weight excluding hydrogens is 216 g/mol. The van der Waals surface area contributed by atoms with Crippen molar-refractivity contribution in [2.75, 3.05) is 6.61 Å². The average Bonchev–Trinajstić information content (AvgIpc) is 2.22. The van der Waals surface area contributed by atoms with Crippen molar-refractivity contribution >= 4 is 6.16 Å². The zero-order chi connectivity index (χ0) is 13.6. The van der Waals surface area contributed by atoms with Crippen LogP contribution in [0.3, 0.4) is 0 Å². The second kappa shape index (κ2) is 6.87. The summed E-state index contributed by atoms with van der Waals surface area (Å²) in [5.41, 5.74) is 0.0180. The highest BCUT2D eigenvalue weighted by Gasteiger charge is 2.24. The van der Waals surface area contributed by atoms with Crippen molar-refractivity contribution in [2.24, 2.45) is 17.3 Å². The molecule has 0 unspecified atom stereocenters. The first-order valence-corrected chi connectivity index (χ1v) is 6.53. The summed E-state index contributed by atoms with van der Waals surface area (Å²) in [4.78, 5) is 11.6. The third-order valence-electron chi connectivity index (χ3n) is 3.08. The van der Waals surface area contributed by atoms with Crippen molar-refractivity contribution in [2.45, 2.75) is 61.0 Å². The van der Waals surface area contributed by atoms with Gasteiger partial charge in [-0.25, -0.2) is 4.79 Å². The van der Waals surface area contributed by atoms with Crippen LogP contribution in [-0.4, -0.2) is 18.9 Å². The van der Waals surface area contributed by atoms with Crippen LogP contribution in [0.15, 0.2) is 0 Å². The van der Waals surface area contributed by atoms with Crippen molar-refractivity contribution < 1.29 is 14.3 Å². The van der Waals surface area contributed by atoms with Gasteiger partial charge in [-0.15, -0.1) is 0 Å². The number of ether oxygens (including phenoxy) is 2. The lowest BCUT2D eigenvalue weighted by Crippen LogP contribution is -2.30. The maximum absolute atomic E-state index is 11.6. The summed E-state index contributed by atoms with van der Waals surface area (Å²) in [6, 6.07) is 0. The molecule has 102 valence electrons. The standard InChI is InChI=1S/C14H28O3/c1-8-14(6,7)9-16-13(15)17-12(10(2)3)11(4)5/h10-12H,8-9H2,1-7H3. The zero-order valence-corrected chi connectivity index (χ0v) is 12.4. The predicted molar refractivity (Wildman–Crippen MR) is 70.0 cm³/mol. The average molecular weight is 244 g/mol. The molecule has 0 aliphatic carbocycles. The van der Waals surface area contributed by atoms with Crippen molar-refractivity contribution in [3.05, 3.63) is 0 Å². The van der Waals surface area contributed by atoms with E-state index in [0.29, 0.717) is 18.4 Å². The van der Waals surface area contributed by atoms with E-state index in [4.69, 9.17) is 9.47 Å². The van der Waals surface area contributed by atoms with E-state index in [-0.39, 0.29) is 11.5 Å². The minimum Gasteiger partial charge on any atom is -0.434 e. The lowest BCUT2D eigenvalue weighted by Gasteiger charge is -2.26. The first-order valence-electron chi connectivity index (χ1n) is 6.53. The summed E-state index contributed by atoms with van der Waals surface area (Å²) in [7, 11) is 0. The first kappa shape index (κ1) is 16.3. The monoisotopic (exact) mass is 244 g/mol. The van der Waals surface area contributed by atoms with Gasteiger partial charge in [0, 0.05) is 0 Å². The Hall–Kier alpha value is -0.730. The van der Waals surface area contributed by atoms with Crippen molar-refractivity contribution in [1.29, 1.82) is 0 Å². The minimum absolute atomic E-state index is 0.0180. The highest BCUT2D eigenvalue weighted by molar-refractivity contribution is 5.60. The number of rotatable bonds is 6. The van der Waals surface area contributed by atoms with E-state index in [1.54, 1.807) is 0 Å². The topological polar surface area (TPSA) is 35.5 Å². The minimum atomic E-state index is -0.543. The van der Waals surface area contributed by atoms with E-state index in [0.717, 1.165) is 6.42 Å². The Kier molecular flexibility index (Phi) is 6.58. The summed E-state index contributed by atoms with van der Waals surface area (Å²) in [5.74, 6) is 0.614. The largest absolute Gasteiger partial charge is 0.508 e. The molecule has 0 aromatic rings. The normalized spacial score (nSPS) is 12.4.